The highest BCUT2D eigenvalue weighted by Crippen LogP contribution is 2.10. The third-order valence-corrected chi connectivity index (χ3v) is 3.26. The summed E-state index contributed by atoms with van der Waals surface area (Å²) in [5.41, 5.74) is 0. The van der Waals surface area contributed by atoms with E-state index >= 15 is 0 Å². The van der Waals surface area contributed by atoms with Crippen molar-refractivity contribution in [3.8, 4) is 0 Å². The molecule has 0 aliphatic rings. The van der Waals surface area contributed by atoms with E-state index in [4.69, 9.17) is 17.0 Å². The predicted octanol–water partition coefficient (Wildman–Crippen LogP) is 5.26. The van der Waals surface area contributed by atoms with Gasteiger partial charge in [-0.1, -0.05) is 60.9 Å². The number of thiocarbonyl (C=S) groups is 1. The van der Waals surface area contributed by atoms with Gasteiger partial charge in [0.2, 0.25) is 0 Å². The van der Waals surface area contributed by atoms with Gasteiger partial charge in [0.25, 0.3) is 0 Å². The zero-order valence-corrected chi connectivity index (χ0v) is 12.9. The van der Waals surface area contributed by atoms with Gasteiger partial charge in [0.15, 0.2) is 5.05 Å². The van der Waals surface area contributed by atoms with Crippen LogP contribution in [0.5, 0.6) is 0 Å². The standard InChI is InChI=1S/C13H25BrOS/c1-13(16)15-12-10-8-6-4-2-3-5-7-9-11-14/h2-12H2,1H3. The third kappa shape index (κ3) is 14.4. The molecular weight excluding hydrogens is 284 g/mol. The molecule has 3 heteroatoms. The van der Waals surface area contributed by atoms with E-state index in [9.17, 15) is 0 Å². The highest BCUT2D eigenvalue weighted by atomic mass is 79.9. The molecule has 0 aromatic rings. The molecule has 0 unspecified atom stereocenters. The lowest BCUT2D eigenvalue weighted by atomic mass is 10.1. The van der Waals surface area contributed by atoms with Gasteiger partial charge in [-0.2, -0.15) is 0 Å². The largest absolute Gasteiger partial charge is 0.487 e. The summed E-state index contributed by atoms with van der Waals surface area (Å²) in [7, 11) is 0. The molecule has 0 aliphatic heterocycles. The minimum atomic E-state index is 0.673. The summed E-state index contributed by atoms with van der Waals surface area (Å²) in [6.45, 7) is 2.64. The molecule has 0 aromatic heterocycles. The molecule has 96 valence electrons. The molecule has 0 saturated heterocycles. The zero-order chi connectivity index (χ0) is 12.1. The van der Waals surface area contributed by atoms with Crippen LogP contribution in [-0.2, 0) is 4.74 Å². The Labute approximate surface area is 114 Å². The normalized spacial score (nSPS) is 10.4. The van der Waals surface area contributed by atoms with Gasteiger partial charge < -0.3 is 4.74 Å². The van der Waals surface area contributed by atoms with Gasteiger partial charge >= 0.3 is 0 Å². The number of alkyl halides is 1. The summed E-state index contributed by atoms with van der Waals surface area (Å²) in [5, 5.41) is 1.83. The minimum absolute atomic E-state index is 0.673. The number of unbranched alkanes of at least 4 members (excludes halogenated alkanes) is 8. The monoisotopic (exact) mass is 308 g/mol. The summed E-state index contributed by atoms with van der Waals surface area (Å²) >= 11 is 8.30. The van der Waals surface area contributed by atoms with Crippen molar-refractivity contribution in [2.24, 2.45) is 0 Å². The first kappa shape index (κ1) is 16.4. The number of ether oxygens (including phenoxy) is 1. The molecule has 0 heterocycles. The SMILES string of the molecule is CC(=S)OCCCCCCCCCCCBr. The Hall–Kier alpha value is 0.370. The van der Waals surface area contributed by atoms with Crippen molar-refractivity contribution in [1.82, 2.24) is 0 Å². The summed E-state index contributed by atoms with van der Waals surface area (Å²) < 4.78 is 5.24. The van der Waals surface area contributed by atoms with Crippen LogP contribution in [0.2, 0.25) is 0 Å². The van der Waals surface area contributed by atoms with Crippen LogP contribution >= 0.6 is 28.1 Å². The molecule has 0 rings (SSSR count). The Morgan fingerprint density at radius 1 is 0.875 bits per heavy atom. The fraction of sp³-hybridized carbons (Fsp3) is 0.923. The van der Waals surface area contributed by atoms with Crippen LogP contribution < -0.4 is 0 Å². The molecule has 1 nitrogen and oxygen atoms in total. The van der Waals surface area contributed by atoms with Crippen molar-refractivity contribution in [3.63, 3.8) is 0 Å². The summed E-state index contributed by atoms with van der Waals surface area (Å²) in [4.78, 5) is 0. The molecular formula is C13H25BrOS. The lowest BCUT2D eigenvalue weighted by molar-refractivity contribution is 0.297. The molecule has 0 bridgehead atoms. The van der Waals surface area contributed by atoms with E-state index in [0.717, 1.165) is 18.4 Å². The smallest absolute Gasteiger partial charge is 0.156 e. The van der Waals surface area contributed by atoms with Crippen molar-refractivity contribution < 1.29 is 4.74 Å². The maximum absolute atomic E-state index is 5.24. The van der Waals surface area contributed by atoms with Crippen molar-refractivity contribution in [3.05, 3.63) is 0 Å². The molecule has 16 heavy (non-hydrogen) atoms. The van der Waals surface area contributed by atoms with Gasteiger partial charge in [-0.05, 0) is 25.1 Å². The van der Waals surface area contributed by atoms with Crippen LogP contribution in [0.25, 0.3) is 0 Å². The lowest BCUT2D eigenvalue weighted by Gasteiger charge is -2.03. The van der Waals surface area contributed by atoms with Crippen molar-refractivity contribution in [1.29, 1.82) is 0 Å². The minimum Gasteiger partial charge on any atom is -0.487 e. The molecule has 0 radical (unpaired) electrons. The van der Waals surface area contributed by atoms with Gasteiger partial charge in [0.1, 0.15) is 0 Å². The van der Waals surface area contributed by atoms with E-state index in [2.05, 4.69) is 15.9 Å². The number of hydrogen-bond donors (Lipinski definition) is 0. The molecule has 0 N–H and O–H groups in total. The molecule has 0 atom stereocenters. The fourth-order valence-corrected chi connectivity index (χ4v) is 2.13. The van der Waals surface area contributed by atoms with E-state index in [1.54, 1.807) is 0 Å². The zero-order valence-electron chi connectivity index (χ0n) is 10.5. The Morgan fingerprint density at radius 3 is 1.75 bits per heavy atom. The van der Waals surface area contributed by atoms with Gasteiger partial charge in [0.05, 0.1) is 6.61 Å². The average Bonchev–Trinajstić information content (AvgIpc) is 2.25. The summed E-state index contributed by atoms with van der Waals surface area (Å²) in [6, 6.07) is 0. The van der Waals surface area contributed by atoms with E-state index in [-0.39, 0.29) is 0 Å². The van der Waals surface area contributed by atoms with Crippen molar-refractivity contribution >= 4 is 33.2 Å². The van der Waals surface area contributed by atoms with Crippen molar-refractivity contribution in [2.75, 3.05) is 11.9 Å². The van der Waals surface area contributed by atoms with Crippen molar-refractivity contribution in [2.45, 2.75) is 64.7 Å². The maximum atomic E-state index is 5.24. The first-order valence-electron chi connectivity index (χ1n) is 6.46. The third-order valence-electron chi connectivity index (χ3n) is 2.58. The molecule has 0 saturated carbocycles. The Morgan fingerprint density at radius 2 is 1.31 bits per heavy atom. The fourth-order valence-electron chi connectivity index (χ4n) is 1.65. The Bertz CT molecular complexity index is 162. The van der Waals surface area contributed by atoms with Gasteiger partial charge in [0, 0.05) is 12.3 Å². The van der Waals surface area contributed by atoms with Crippen LogP contribution in [0.1, 0.15) is 64.7 Å². The van der Waals surface area contributed by atoms with Crippen LogP contribution in [0.15, 0.2) is 0 Å². The van der Waals surface area contributed by atoms with E-state index in [1.807, 2.05) is 6.92 Å². The Balaban J connectivity index is 2.90. The van der Waals surface area contributed by atoms with Crippen LogP contribution in [0.3, 0.4) is 0 Å². The van der Waals surface area contributed by atoms with E-state index in [0.29, 0.717) is 5.05 Å². The second-order valence-corrected chi connectivity index (χ2v) is 5.58. The van der Waals surface area contributed by atoms with Gasteiger partial charge in [-0.15, -0.1) is 0 Å². The van der Waals surface area contributed by atoms with E-state index < -0.39 is 0 Å². The number of hydrogen-bond acceptors (Lipinski definition) is 2. The Kier molecular flexibility index (Phi) is 13.7. The molecule has 0 spiro atoms. The highest BCUT2D eigenvalue weighted by Gasteiger charge is 1.93. The molecule has 0 aromatic carbocycles. The molecule has 0 aliphatic carbocycles. The second-order valence-electron chi connectivity index (χ2n) is 4.21. The molecule has 0 fully saturated rings. The first-order valence-corrected chi connectivity index (χ1v) is 7.99. The number of rotatable bonds is 11. The molecule has 0 amide bonds. The summed E-state index contributed by atoms with van der Waals surface area (Å²) in [6.07, 6.45) is 12.1. The number of halogens is 1. The van der Waals surface area contributed by atoms with Crippen LogP contribution in [0, 0.1) is 0 Å². The van der Waals surface area contributed by atoms with Gasteiger partial charge in [-0.25, -0.2) is 0 Å². The topological polar surface area (TPSA) is 9.23 Å². The highest BCUT2D eigenvalue weighted by molar-refractivity contribution is 9.09. The average molecular weight is 309 g/mol. The van der Waals surface area contributed by atoms with Crippen LogP contribution in [-0.4, -0.2) is 17.0 Å². The maximum Gasteiger partial charge on any atom is 0.156 e. The first-order chi connectivity index (χ1) is 7.77. The summed E-state index contributed by atoms with van der Waals surface area (Å²) in [5.74, 6) is 0. The quantitative estimate of drug-likeness (QED) is 0.293. The lowest BCUT2D eigenvalue weighted by Crippen LogP contribution is -1.97. The van der Waals surface area contributed by atoms with Crippen LogP contribution in [0.4, 0.5) is 0 Å². The predicted molar refractivity (Wildman–Crippen MR) is 79.6 cm³/mol. The van der Waals surface area contributed by atoms with Gasteiger partial charge in [-0.3, -0.25) is 0 Å². The second kappa shape index (κ2) is 13.4. The van der Waals surface area contributed by atoms with E-state index in [1.165, 1.54) is 51.4 Å².